The number of hydrogen-bond donors (Lipinski definition) is 3. The third-order valence-corrected chi connectivity index (χ3v) is 3.96. The average Bonchev–Trinajstić information content (AvgIpc) is 3.04. The van der Waals surface area contributed by atoms with E-state index in [9.17, 15) is 4.39 Å². The predicted octanol–water partition coefficient (Wildman–Crippen LogP) is 3.27. The van der Waals surface area contributed by atoms with Crippen LogP contribution in [-0.2, 0) is 12.8 Å². The Bertz CT molecular complexity index is 829. The summed E-state index contributed by atoms with van der Waals surface area (Å²) >= 11 is 0. The van der Waals surface area contributed by atoms with Gasteiger partial charge in [0.1, 0.15) is 11.6 Å². The molecule has 5 nitrogen and oxygen atoms in total. The summed E-state index contributed by atoms with van der Waals surface area (Å²) in [5.41, 5.74) is 2.72. The van der Waals surface area contributed by atoms with Gasteiger partial charge in [0, 0.05) is 26.6 Å². The normalized spacial score (nSPS) is 11.2. The van der Waals surface area contributed by atoms with Crippen molar-refractivity contribution in [1.82, 2.24) is 20.6 Å². The molecule has 0 saturated heterocycles. The summed E-state index contributed by atoms with van der Waals surface area (Å²) in [5, 5.41) is 6.45. The fourth-order valence-electron chi connectivity index (χ4n) is 2.66. The molecule has 0 fully saturated rings. The third-order valence-electron chi connectivity index (χ3n) is 3.96. The topological polar surface area (TPSA) is 65.1 Å². The monoisotopic (exact) mass is 467 g/mol. The van der Waals surface area contributed by atoms with Crippen LogP contribution in [0.4, 0.5) is 4.39 Å². The molecule has 2 aromatic carbocycles. The van der Waals surface area contributed by atoms with Gasteiger partial charge in [-0.25, -0.2) is 9.37 Å². The van der Waals surface area contributed by atoms with Gasteiger partial charge in [0.05, 0.1) is 11.0 Å². The Kier molecular flexibility index (Phi) is 7.83. The van der Waals surface area contributed by atoms with Crippen LogP contribution in [0.2, 0.25) is 0 Å². The maximum absolute atomic E-state index is 13.6. The van der Waals surface area contributed by atoms with Crippen molar-refractivity contribution in [1.29, 1.82) is 0 Å². The minimum Gasteiger partial charge on any atom is -0.356 e. The molecule has 3 N–H and O–H groups in total. The maximum Gasteiger partial charge on any atom is 0.191 e. The van der Waals surface area contributed by atoms with Gasteiger partial charge in [0.15, 0.2) is 5.96 Å². The van der Waals surface area contributed by atoms with Crippen LogP contribution in [0.25, 0.3) is 11.0 Å². The maximum atomic E-state index is 13.6. The molecule has 0 saturated carbocycles. The zero-order chi connectivity index (χ0) is 17.5. The first-order valence-corrected chi connectivity index (χ1v) is 8.38. The molecule has 0 aliphatic rings. The molecule has 0 bridgehead atoms. The number of aromatic amines is 1. The summed E-state index contributed by atoms with van der Waals surface area (Å²) in [6, 6.07) is 14.8. The quantitative estimate of drug-likeness (QED) is 0.296. The van der Waals surface area contributed by atoms with Gasteiger partial charge >= 0.3 is 0 Å². The average molecular weight is 467 g/mol. The molecule has 0 unspecified atom stereocenters. The molecule has 7 heteroatoms. The van der Waals surface area contributed by atoms with Gasteiger partial charge in [-0.05, 0) is 30.2 Å². The second-order valence-electron chi connectivity index (χ2n) is 5.72. The van der Waals surface area contributed by atoms with E-state index >= 15 is 0 Å². The van der Waals surface area contributed by atoms with Gasteiger partial charge < -0.3 is 15.6 Å². The van der Waals surface area contributed by atoms with Crippen molar-refractivity contribution >= 4 is 41.0 Å². The molecule has 26 heavy (non-hydrogen) atoms. The van der Waals surface area contributed by atoms with E-state index in [4.69, 9.17) is 0 Å². The van der Waals surface area contributed by atoms with E-state index in [2.05, 4.69) is 25.6 Å². The Morgan fingerprint density at radius 3 is 2.46 bits per heavy atom. The van der Waals surface area contributed by atoms with E-state index in [-0.39, 0.29) is 29.8 Å². The first-order valence-electron chi connectivity index (χ1n) is 8.38. The van der Waals surface area contributed by atoms with Crippen LogP contribution in [0.1, 0.15) is 11.4 Å². The lowest BCUT2D eigenvalue weighted by molar-refractivity contribution is 0.606. The van der Waals surface area contributed by atoms with Crippen LogP contribution in [0, 0.1) is 5.82 Å². The van der Waals surface area contributed by atoms with E-state index in [1.807, 2.05) is 30.3 Å². The lowest BCUT2D eigenvalue weighted by atomic mass is 10.1. The van der Waals surface area contributed by atoms with Crippen molar-refractivity contribution in [3.8, 4) is 0 Å². The minimum absolute atomic E-state index is 0. The molecular weight excluding hydrogens is 444 g/mol. The molecule has 3 rings (SSSR count). The Labute approximate surface area is 169 Å². The van der Waals surface area contributed by atoms with E-state index in [0.29, 0.717) is 31.0 Å². The van der Waals surface area contributed by atoms with E-state index in [1.165, 1.54) is 6.07 Å². The standard InChI is InChI=1S/C19H22FN5.HI/c1-21-19(22-12-10-14-6-2-3-7-15(14)20)23-13-11-18-24-16-8-4-5-9-17(16)25-18;/h2-9H,10-13H2,1H3,(H,24,25)(H2,21,22,23);1H. The largest absolute Gasteiger partial charge is 0.356 e. The number of H-pyrrole nitrogens is 1. The summed E-state index contributed by atoms with van der Waals surface area (Å²) < 4.78 is 13.6. The molecule has 1 aromatic heterocycles. The first-order chi connectivity index (χ1) is 12.3. The van der Waals surface area contributed by atoms with E-state index in [0.717, 1.165) is 23.3 Å². The van der Waals surface area contributed by atoms with Crippen molar-refractivity contribution in [2.75, 3.05) is 20.1 Å². The first kappa shape index (κ1) is 20.2. The number of rotatable bonds is 6. The molecule has 0 spiro atoms. The van der Waals surface area contributed by atoms with Gasteiger partial charge in [-0.3, -0.25) is 4.99 Å². The van der Waals surface area contributed by atoms with Gasteiger partial charge in [0.2, 0.25) is 0 Å². The molecule has 0 aliphatic heterocycles. The molecular formula is C19H23FIN5. The summed E-state index contributed by atoms with van der Waals surface area (Å²) in [6.07, 6.45) is 1.37. The lowest BCUT2D eigenvalue weighted by Crippen LogP contribution is -2.39. The number of nitrogens with one attached hydrogen (secondary N) is 3. The molecule has 0 atom stereocenters. The summed E-state index contributed by atoms with van der Waals surface area (Å²) in [4.78, 5) is 12.0. The van der Waals surface area contributed by atoms with Gasteiger partial charge in [-0.1, -0.05) is 30.3 Å². The third kappa shape index (κ3) is 5.42. The Balaban J connectivity index is 0.00000243. The number of aliphatic imine (C=N–C) groups is 1. The van der Waals surface area contributed by atoms with Crippen LogP contribution in [-0.4, -0.2) is 36.1 Å². The van der Waals surface area contributed by atoms with Crippen molar-refractivity contribution in [2.45, 2.75) is 12.8 Å². The highest BCUT2D eigenvalue weighted by Gasteiger charge is 2.04. The number of fused-ring (bicyclic) bond motifs is 1. The highest BCUT2D eigenvalue weighted by molar-refractivity contribution is 14.0. The number of aromatic nitrogens is 2. The SMILES string of the molecule is CN=C(NCCc1nc2ccccc2[nH]1)NCCc1ccccc1F.I. The number of halogens is 2. The van der Waals surface area contributed by atoms with Crippen molar-refractivity contribution in [3.05, 3.63) is 65.7 Å². The van der Waals surface area contributed by atoms with Crippen molar-refractivity contribution in [2.24, 2.45) is 4.99 Å². The lowest BCUT2D eigenvalue weighted by Gasteiger charge is -2.11. The Morgan fingerprint density at radius 2 is 1.73 bits per heavy atom. The van der Waals surface area contributed by atoms with Gasteiger partial charge in [-0.15, -0.1) is 24.0 Å². The molecule has 0 radical (unpaired) electrons. The number of imidazole rings is 1. The summed E-state index contributed by atoms with van der Waals surface area (Å²) in [7, 11) is 1.72. The predicted molar refractivity (Wildman–Crippen MR) is 115 cm³/mol. The van der Waals surface area contributed by atoms with Gasteiger partial charge in [-0.2, -0.15) is 0 Å². The Hall–Kier alpha value is -2.16. The minimum atomic E-state index is -0.169. The van der Waals surface area contributed by atoms with Crippen LogP contribution in [0.5, 0.6) is 0 Å². The zero-order valence-corrected chi connectivity index (χ0v) is 17.0. The number of nitrogens with zero attached hydrogens (tertiary/aromatic N) is 2. The molecule has 3 aromatic rings. The van der Waals surface area contributed by atoms with Crippen molar-refractivity contribution in [3.63, 3.8) is 0 Å². The van der Waals surface area contributed by atoms with Crippen LogP contribution in [0.15, 0.2) is 53.5 Å². The molecule has 138 valence electrons. The number of benzene rings is 2. The van der Waals surface area contributed by atoms with Crippen LogP contribution in [0.3, 0.4) is 0 Å². The fourth-order valence-corrected chi connectivity index (χ4v) is 2.66. The molecule has 0 amide bonds. The highest BCUT2D eigenvalue weighted by atomic mass is 127. The van der Waals surface area contributed by atoms with E-state index < -0.39 is 0 Å². The number of hydrogen-bond acceptors (Lipinski definition) is 2. The number of guanidine groups is 1. The zero-order valence-electron chi connectivity index (χ0n) is 14.6. The van der Waals surface area contributed by atoms with Crippen molar-refractivity contribution < 1.29 is 4.39 Å². The van der Waals surface area contributed by atoms with Crippen LogP contribution >= 0.6 is 24.0 Å². The summed E-state index contributed by atoms with van der Waals surface area (Å²) in [6.45, 7) is 1.32. The second kappa shape index (κ2) is 10.1. The molecule has 0 aliphatic carbocycles. The highest BCUT2D eigenvalue weighted by Crippen LogP contribution is 2.10. The fraction of sp³-hybridized carbons (Fsp3) is 0.263. The second-order valence-corrected chi connectivity index (χ2v) is 5.72. The summed E-state index contributed by atoms with van der Waals surface area (Å²) in [5.74, 6) is 1.47. The smallest absolute Gasteiger partial charge is 0.191 e. The number of para-hydroxylation sites is 2. The van der Waals surface area contributed by atoms with E-state index in [1.54, 1.807) is 19.2 Å². The van der Waals surface area contributed by atoms with Crippen LogP contribution < -0.4 is 10.6 Å². The Morgan fingerprint density at radius 1 is 1.04 bits per heavy atom. The van der Waals surface area contributed by atoms with Gasteiger partial charge in [0.25, 0.3) is 0 Å². The molecule has 1 heterocycles.